The Labute approximate surface area is 92.0 Å². The fourth-order valence-corrected chi connectivity index (χ4v) is 0.975. The minimum Gasteiger partial charge on any atom is -0.368 e. The molecular formula is C8H14N6O2. The third-order valence-electron chi connectivity index (χ3n) is 2.02. The third kappa shape index (κ3) is 3.02. The molecule has 0 radical (unpaired) electrons. The van der Waals surface area contributed by atoms with Crippen molar-refractivity contribution in [3.8, 4) is 0 Å². The number of rotatable bonds is 5. The Morgan fingerprint density at radius 1 is 1.62 bits per heavy atom. The number of nitrogens with one attached hydrogen (secondary N) is 1. The number of hydrogen-bond donors (Lipinski definition) is 3. The van der Waals surface area contributed by atoms with E-state index < -0.39 is 11.9 Å². The predicted octanol–water partition coefficient (Wildman–Crippen LogP) is -2.10. The highest BCUT2D eigenvalue weighted by Crippen LogP contribution is 2.02. The molecule has 8 heteroatoms. The highest BCUT2D eigenvalue weighted by molar-refractivity contribution is 5.78. The Hall–Kier alpha value is -1.96. The van der Waals surface area contributed by atoms with Crippen LogP contribution in [0.25, 0.3) is 0 Å². The maximum absolute atomic E-state index is 10.9. The molecule has 88 valence electrons. The Balaban J connectivity index is 2.58. The fraction of sp³-hybridized carbons (Fsp3) is 0.500. The van der Waals surface area contributed by atoms with Gasteiger partial charge in [-0.2, -0.15) is 0 Å². The number of nitrogens with two attached hydrogens (primary N) is 2. The van der Waals surface area contributed by atoms with Crippen LogP contribution in [0.15, 0.2) is 6.20 Å². The van der Waals surface area contributed by atoms with E-state index in [1.54, 1.807) is 13.1 Å². The number of nitrogens with zero attached hydrogens (tertiary/aromatic N) is 3. The molecular weight excluding hydrogens is 212 g/mol. The Morgan fingerprint density at radius 3 is 2.88 bits per heavy atom. The van der Waals surface area contributed by atoms with Crippen molar-refractivity contribution in [1.29, 1.82) is 0 Å². The lowest BCUT2D eigenvalue weighted by Crippen LogP contribution is -2.29. The summed E-state index contributed by atoms with van der Waals surface area (Å²) < 4.78 is 1.34. The monoisotopic (exact) mass is 226 g/mol. The number of carbonyl (C=O) groups excluding carboxylic acids is 2. The Kier molecular flexibility index (Phi) is 3.95. The van der Waals surface area contributed by atoms with Crippen LogP contribution in [-0.2, 0) is 16.1 Å². The van der Waals surface area contributed by atoms with Gasteiger partial charge in [-0.05, 0) is 6.92 Å². The lowest BCUT2D eigenvalue weighted by atomic mass is 10.3. The summed E-state index contributed by atoms with van der Waals surface area (Å²) in [5.74, 6) is -0.778. The van der Waals surface area contributed by atoms with Crippen LogP contribution < -0.4 is 16.8 Å². The van der Waals surface area contributed by atoms with Gasteiger partial charge in [-0.3, -0.25) is 9.59 Å². The first kappa shape index (κ1) is 12.1. The van der Waals surface area contributed by atoms with Gasteiger partial charge in [-0.1, -0.05) is 5.21 Å². The zero-order valence-electron chi connectivity index (χ0n) is 8.88. The largest absolute Gasteiger partial charge is 0.368 e. The van der Waals surface area contributed by atoms with Gasteiger partial charge in [0.15, 0.2) is 0 Å². The van der Waals surface area contributed by atoms with Gasteiger partial charge < -0.3 is 16.8 Å². The molecule has 0 bridgehead atoms. The van der Waals surface area contributed by atoms with E-state index in [1.165, 1.54) is 4.68 Å². The lowest BCUT2D eigenvalue weighted by Gasteiger charge is -2.04. The topological polar surface area (TPSA) is 129 Å². The highest BCUT2D eigenvalue weighted by Gasteiger charge is 2.13. The second-order valence-electron chi connectivity index (χ2n) is 3.25. The molecule has 16 heavy (non-hydrogen) atoms. The van der Waals surface area contributed by atoms with Gasteiger partial charge in [0.25, 0.3) is 0 Å². The second kappa shape index (κ2) is 5.21. The summed E-state index contributed by atoms with van der Waals surface area (Å²) >= 11 is 0. The standard InChI is InChI=1S/C8H14N6O2/c1-5(8(10)16)14-4-6(12-13-14)3-11-7(15)2-9/h4-5H,2-3,9H2,1H3,(H2,10,16)(H,11,15). The molecule has 0 saturated heterocycles. The number of aromatic nitrogens is 3. The van der Waals surface area contributed by atoms with Crippen molar-refractivity contribution in [2.45, 2.75) is 19.5 Å². The average Bonchev–Trinajstić information content (AvgIpc) is 2.73. The second-order valence-corrected chi connectivity index (χ2v) is 3.25. The van der Waals surface area contributed by atoms with Gasteiger partial charge in [0.2, 0.25) is 11.8 Å². The molecule has 0 saturated carbocycles. The van der Waals surface area contributed by atoms with E-state index in [9.17, 15) is 9.59 Å². The van der Waals surface area contributed by atoms with Crippen molar-refractivity contribution in [3.63, 3.8) is 0 Å². The molecule has 8 nitrogen and oxygen atoms in total. The average molecular weight is 226 g/mol. The van der Waals surface area contributed by atoms with Crippen LogP contribution >= 0.6 is 0 Å². The highest BCUT2D eigenvalue weighted by atomic mass is 16.2. The zero-order chi connectivity index (χ0) is 12.1. The minimum absolute atomic E-state index is 0.0776. The van der Waals surface area contributed by atoms with E-state index in [0.29, 0.717) is 5.69 Å². The van der Waals surface area contributed by atoms with Gasteiger partial charge in [0.05, 0.1) is 19.3 Å². The summed E-state index contributed by atoms with van der Waals surface area (Å²) in [4.78, 5) is 21.7. The molecule has 0 aliphatic heterocycles. The van der Waals surface area contributed by atoms with Crippen molar-refractivity contribution < 1.29 is 9.59 Å². The third-order valence-corrected chi connectivity index (χ3v) is 2.02. The van der Waals surface area contributed by atoms with Gasteiger partial charge in [0.1, 0.15) is 11.7 Å². The Morgan fingerprint density at radius 2 is 2.31 bits per heavy atom. The number of amides is 2. The zero-order valence-corrected chi connectivity index (χ0v) is 8.88. The molecule has 0 fully saturated rings. The molecule has 1 aromatic heterocycles. The van der Waals surface area contributed by atoms with Crippen molar-refractivity contribution in [2.75, 3.05) is 6.54 Å². The summed E-state index contributed by atoms with van der Waals surface area (Å²) in [5.41, 5.74) is 10.8. The normalized spacial score (nSPS) is 12.1. The molecule has 0 aromatic carbocycles. The van der Waals surface area contributed by atoms with E-state index in [-0.39, 0.29) is 19.0 Å². The van der Waals surface area contributed by atoms with Crippen LogP contribution in [0.5, 0.6) is 0 Å². The van der Waals surface area contributed by atoms with Gasteiger partial charge in [0, 0.05) is 0 Å². The molecule has 0 aliphatic carbocycles. The van der Waals surface area contributed by atoms with Crippen LogP contribution in [0.2, 0.25) is 0 Å². The summed E-state index contributed by atoms with van der Waals surface area (Å²) in [7, 11) is 0. The number of carbonyl (C=O) groups is 2. The maximum Gasteiger partial charge on any atom is 0.242 e. The smallest absolute Gasteiger partial charge is 0.242 e. The number of hydrogen-bond acceptors (Lipinski definition) is 5. The quantitative estimate of drug-likeness (QED) is 0.529. The van der Waals surface area contributed by atoms with Crippen LogP contribution in [0, 0.1) is 0 Å². The van der Waals surface area contributed by atoms with E-state index >= 15 is 0 Å². The van der Waals surface area contributed by atoms with E-state index in [1.807, 2.05) is 0 Å². The molecule has 0 spiro atoms. The molecule has 1 atom stereocenters. The van der Waals surface area contributed by atoms with Crippen LogP contribution in [-0.4, -0.2) is 33.4 Å². The first-order valence-corrected chi connectivity index (χ1v) is 4.71. The van der Waals surface area contributed by atoms with Crippen molar-refractivity contribution >= 4 is 11.8 Å². The van der Waals surface area contributed by atoms with E-state index in [4.69, 9.17) is 11.5 Å². The molecule has 5 N–H and O–H groups in total. The molecule has 2 amide bonds. The summed E-state index contributed by atoms with van der Waals surface area (Å²) in [6.07, 6.45) is 1.55. The minimum atomic E-state index is -0.563. The van der Waals surface area contributed by atoms with E-state index in [0.717, 1.165) is 0 Å². The SMILES string of the molecule is CC(C(N)=O)n1cc(CNC(=O)CN)nn1. The lowest BCUT2D eigenvalue weighted by molar-refractivity contribution is -0.121. The first-order chi connectivity index (χ1) is 7.54. The van der Waals surface area contributed by atoms with Crippen molar-refractivity contribution in [3.05, 3.63) is 11.9 Å². The van der Waals surface area contributed by atoms with Crippen LogP contribution in [0.4, 0.5) is 0 Å². The summed E-state index contributed by atoms with van der Waals surface area (Å²) in [6, 6.07) is -0.563. The van der Waals surface area contributed by atoms with E-state index in [2.05, 4.69) is 15.6 Å². The van der Waals surface area contributed by atoms with Crippen molar-refractivity contribution in [2.24, 2.45) is 11.5 Å². The molecule has 1 heterocycles. The van der Waals surface area contributed by atoms with Gasteiger partial charge in [-0.15, -0.1) is 5.10 Å². The molecule has 1 aromatic rings. The van der Waals surface area contributed by atoms with Crippen LogP contribution in [0.3, 0.4) is 0 Å². The molecule has 1 rings (SSSR count). The number of primary amides is 1. The predicted molar refractivity (Wildman–Crippen MR) is 54.8 cm³/mol. The van der Waals surface area contributed by atoms with Gasteiger partial charge in [-0.25, -0.2) is 4.68 Å². The molecule has 0 aliphatic rings. The summed E-state index contributed by atoms with van der Waals surface area (Å²) in [5, 5.41) is 10.0. The maximum atomic E-state index is 10.9. The fourth-order valence-electron chi connectivity index (χ4n) is 0.975. The van der Waals surface area contributed by atoms with Crippen molar-refractivity contribution in [1.82, 2.24) is 20.3 Å². The molecule has 1 unspecified atom stereocenters. The first-order valence-electron chi connectivity index (χ1n) is 4.71. The Bertz CT molecular complexity index is 388. The van der Waals surface area contributed by atoms with Crippen LogP contribution in [0.1, 0.15) is 18.7 Å². The summed E-state index contributed by atoms with van der Waals surface area (Å²) in [6.45, 7) is 1.76. The van der Waals surface area contributed by atoms with Gasteiger partial charge >= 0.3 is 0 Å².